The van der Waals surface area contributed by atoms with E-state index in [4.69, 9.17) is 9.84 Å². The quantitative estimate of drug-likeness (QED) is 0.790. The molecule has 0 saturated carbocycles. The van der Waals surface area contributed by atoms with Gasteiger partial charge >= 0.3 is 12.0 Å². The minimum Gasteiger partial charge on any atom is -0.478 e. The number of hydrogen-bond donors (Lipinski definition) is 2. The topological polar surface area (TPSA) is 99.2 Å². The van der Waals surface area contributed by atoms with Crippen LogP contribution < -0.4 is 5.32 Å². The summed E-state index contributed by atoms with van der Waals surface area (Å²) < 4.78 is 5.00. The van der Waals surface area contributed by atoms with Crippen molar-refractivity contribution in [2.24, 2.45) is 0 Å². The molecule has 1 aliphatic rings. The van der Waals surface area contributed by atoms with Gasteiger partial charge in [-0.3, -0.25) is 4.79 Å². The molecule has 1 fully saturated rings. The summed E-state index contributed by atoms with van der Waals surface area (Å²) in [7, 11) is 1.59. The normalized spacial score (nSPS) is 15.0. The zero-order valence-electron chi connectivity index (χ0n) is 14.2. The lowest BCUT2D eigenvalue weighted by Gasteiger charge is -2.22. The number of hydrogen-bond acceptors (Lipinski definition) is 4. The zero-order valence-corrected chi connectivity index (χ0v) is 14.2. The molecule has 0 bridgehead atoms. The number of methoxy groups -OCH3 is 1. The Bertz CT molecular complexity index is 617. The predicted molar refractivity (Wildman–Crippen MR) is 90.3 cm³/mol. The van der Waals surface area contributed by atoms with Gasteiger partial charge in [0.25, 0.3) is 0 Å². The second kappa shape index (κ2) is 9.03. The van der Waals surface area contributed by atoms with Gasteiger partial charge < -0.3 is 25.0 Å². The SMILES string of the molecule is COCCN1CCCN(C(=O)NCc2ccc(C(=O)O)cc2)CC1=O. The van der Waals surface area contributed by atoms with Crippen LogP contribution in [-0.2, 0) is 16.1 Å². The lowest BCUT2D eigenvalue weighted by Crippen LogP contribution is -2.44. The van der Waals surface area contributed by atoms with E-state index in [0.29, 0.717) is 26.2 Å². The molecule has 25 heavy (non-hydrogen) atoms. The van der Waals surface area contributed by atoms with Crippen molar-refractivity contribution in [2.75, 3.05) is 39.9 Å². The Kier molecular flexibility index (Phi) is 6.76. The molecular weight excluding hydrogens is 326 g/mol. The van der Waals surface area contributed by atoms with Crippen LogP contribution in [-0.4, -0.2) is 72.7 Å². The van der Waals surface area contributed by atoms with Crippen LogP contribution >= 0.6 is 0 Å². The van der Waals surface area contributed by atoms with Crippen LogP contribution in [0.15, 0.2) is 24.3 Å². The molecule has 0 unspecified atom stereocenters. The standard InChI is InChI=1S/C17H23N3O5/c1-25-10-9-19-7-2-8-20(12-15(19)21)17(24)18-11-13-3-5-14(6-4-13)16(22)23/h3-6H,2,7-12H2,1H3,(H,18,24)(H,22,23). The van der Waals surface area contributed by atoms with Crippen LogP contribution in [0.5, 0.6) is 0 Å². The number of carbonyl (C=O) groups is 3. The summed E-state index contributed by atoms with van der Waals surface area (Å²) in [6.07, 6.45) is 0.718. The van der Waals surface area contributed by atoms with E-state index in [1.54, 1.807) is 24.1 Å². The fraction of sp³-hybridized carbons (Fsp3) is 0.471. The Hall–Kier alpha value is -2.61. The van der Waals surface area contributed by atoms with E-state index in [1.807, 2.05) is 0 Å². The highest BCUT2D eigenvalue weighted by Crippen LogP contribution is 2.07. The maximum atomic E-state index is 12.3. The van der Waals surface area contributed by atoms with E-state index in [9.17, 15) is 14.4 Å². The monoisotopic (exact) mass is 349 g/mol. The maximum absolute atomic E-state index is 12.3. The number of ether oxygens (including phenoxy) is 1. The molecule has 1 saturated heterocycles. The summed E-state index contributed by atoms with van der Waals surface area (Å²) in [5.41, 5.74) is 0.991. The van der Waals surface area contributed by atoms with Gasteiger partial charge in [0.1, 0.15) is 6.54 Å². The van der Waals surface area contributed by atoms with Crippen molar-refractivity contribution in [1.29, 1.82) is 0 Å². The number of rotatable bonds is 6. The summed E-state index contributed by atoms with van der Waals surface area (Å²) in [5.74, 6) is -1.08. The van der Waals surface area contributed by atoms with Crippen molar-refractivity contribution in [1.82, 2.24) is 15.1 Å². The number of carboxylic acid groups (broad SMARTS) is 1. The van der Waals surface area contributed by atoms with Crippen LogP contribution in [0.4, 0.5) is 4.79 Å². The molecule has 1 aromatic carbocycles. The first-order valence-electron chi connectivity index (χ1n) is 8.13. The van der Waals surface area contributed by atoms with Gasteiger partial charge in [-0.05, 0) is 24.1 Å². The molecule has 2 N–H and O–H groups in total. The first-order chi connectivity index (χ1) is 12.0. The van der Waals surface area contributed by atoms with Crippen molar-refractivity contribution in [3.8, 4) is 0 Å². The van der Waals surface area contributed by atoms with E-state index >= 15 is 0 Å². The molecule has 136 valence electrons. The molecule has 2 rings (SSSR count). The van der Waals surface area contributed by atoms with Crippen molar-refractivity contribution in [2.45, 2.75) is 13.0 Å². The molecule has 0 radical (unpaired) electrons. The molecule has 0 aromatic heterocycles. The number of carboxylic acids is 1. The first-order valence-corrected chi connectivity index (χ1v) is 8.13. The van der Waals surface area contributed by atoms with Gasteiger partial charge in [0.05, 0.1) is 12.2 Å². The molecule has 0 aliphatic carbocycles. The molecule has 0 spiro atoms. The van der Waals surface area contributed by atoms with Crippen molar-refractivity contribution in [3.05, 3.63) is 35.4 Å². The lowest BCUT2D eigenvalue weighted by atomic mass is 10.1. The molecule has 1 aliphatic heterocycles. The molecule has 8 nitrogen and oxygen atoms in total. The van der Waals surface area contributed by atoms with E-state index < -0.39 is 5.97 Å². The third kappa shape index (κ3) is 5.46. The summed E-state index contributed by atoms with van der Waals surface area (Å²) in [4.78, 5) is 38.5. The molecule has 1 aromatic rings. The summed E-state index contributed by atoms with van der Waals surface area (Å²) in [5, 5.41) is 11.6. The lowest BCUT2D eigenvalue weighted by molar-refractivity contribution is -0.131. The number of urea groups is 1. The average Bonchev–Trinajstić information content (AvgIpc) is 2.79. The summed E-state index contributed by atoms with van der Waals surface area (Å²) in [6.45, 7) is 2.46. The van der Waals surface area contributed by atoms with Crippen LogP contribution in [0.2, 0.25) is 0 Å². The Morgan fingerprint density at radius 1 is 1.24 bits per heavy atom. The molecule has 3 amide bonds. The minimum atomic E-state index is -0.989. The van der Waals surface area contributed by atoms with Crippen LogP contribution in [0.1, 0.15) is 22.3 Å². The predicted octanol–water partition coefficient (Wildman–Crippen LogP) is 0.775. The second-order valence-electron chi connectivity index (χ2n) is 5.81. The fourth-order valence-electron chi connectivity index (χ4n) is 2.59. The highest BCUT2D eigenvalue weighted by atomic mass is 16.5. The van der Waals surface area contributed by atoms with E-state index in [2.05, 4.69) is 5.32 Å². The molecule has 0 atom stereocenters. The number of amides is 3. The molecule has 1 heterocycles. The number of carbonyl (C=O) groups excluding carboxylic acids is 2. The van der Waals surface area contributed by atoms with Crippen LogP contribution in [0.3, 0.4) is 0 Å². The van der Waals surface area contributed by atoms with Gasteiger partial charge in [0.15, 0.2) is 0 Å². The minimum absolute atomic E-state index is 0.0491. The highest BCUT2D eigenvalue weighted by molar-refractivity contribution is 5.87. The number of aromatic carboxylic acids is 1. The Morgan fingerprint density at radius 3 is 2.60 bits per heavy atom. The molecular formula is C17H23N3O5. The Balaban J connectivity index is 1.85. The average molecular weight is 349 g/mol. The van der Waals surface area contributed by atoms with E-state index in [0.717, 1.165) is 12.0 Å². The van der Waals surface area contributed by atoms with E-state index in [-0.39, 0.29) is 30.6 Å². The van der Waals surface area contributed by atoms with Crippen molar-refractivity contribution >= 4 is 17.9 Å². The maximum Gasteiger partial charge on any atom is 0.335 e. The van der Waals surface area contributed by atoms with Crippen molar-refractivity contribution < 1.29 is 24.2 Å². The molecule has 8 heteroatoms. The first kappa shape index (κ1) is 18.7. The van der Waals surface area contributed by atoms with Crippen LogP contribution in [0, 0.1) is 0 Å². The zero-order chi connectivity index (χ0) is 18.2. The van der Waals surface area contributed by atoms with Gasteiger partial charge in [0, 0.05) is 33.3 Å². The Labute approximate surface area is 146 Å². The summed E-state index contributed by atoms with van der Waals surface area (Å²) >= 11 is 0. The number of nitrogens with zero attached hydrogens (tertiary/aromatic N) is 2. The van der Waals surface area contributed by atoms with Gasteiger partial charge in [0.2, 0.25) is 5.91 Å². The van der Waals surface area contributed by atoms with Crippen LogP contribution in [0.25, 0.3) is 0 Å². The smallest absolute Gasteiger partial charge is 0.335 e. The highest BCUT2D eigenvalue weighted by Gasteiger charge is 2.24. The van der Waals surface area contributed by atoms with E-state index in [1.165, 1.54) is 17.0 Å². The van der Waals surface area contributed by atoms with Gasteiger partial charge in [-0.25, -0.2) is 9.59 Å². The second-order valence-corrected chi connectivity index (χ2v) is 5.81. The fourth-order valence-corrected chi connectivity index (χ4v) is 2.59. The largest absolute Gasteiger partial charge is 0.478 e. The third-order valence-corrected chi connectivity index (χ3v) is 4.03. The van der Waals surface area contributed by atoms with Gasteiger partial charge in [-0.15, -0.1) is 0 Å². The van der Waals surface area contributed by atoms with Crippen molar-refractivity contribution in [3.63, 3.8) is 0 Å². The van der Waals surface area contributed by atoms with Gasteiger partial charge in [-0.1, -0.05) is 12.1 Å². The third-order valence-electron chi connectivity index (χ3n) is 4.03. The number of nitrogens with one attached hydrogen (secondary N) is 1. The Morgan fingerprint density at radius 2 is 1.96 bits per heavy atom. The number of benzene rings is 1. The van der Waals surface area contributed by atoms with Gasteiger partial charge in [-0.2, -0.15) is 0 Å². The summed E-state index contributed by atoms with van der Waals surface area (Å²) in [6, 6.07) is 6.00.